The Bertz CT molecular complexity index is 557. The van der Waals surface area contributed by atoms with Gasteiger partial charge in [0.25, 0.3) is 0 Å². The van der Waals surface area contributed by atoms with Crippen LogP contribution in [0.5, 0.6) is 0 Å². The molecule has 0 saturated carbocycles. The van der Waals surface area contributed by atoms with Crippen LogP contribution in [-0.4, -0.2) is 37.2 Å². The van der Waals surface area contributed by atoms with E-state index in [1.165, 1.54) is 25.1 Å². The second kappa shape index (κ2) is 5.66. The molecule has 0 saturated heterocycles. The zero-order valence-corrected chi connectivity index (χ0v) is 11.0. The third-order valence-electron chi connectivity index (χ3n) is 2.29. The molecule has 1 atom stereocenters. The van der Waals surface area contributed by atoms with Gasteiger partial charge in [-0.05, 0) is 24.6 Å². The Labute approximate surface area is 109 Å². The molecular formula is C10H12ClNO5S. The average molecular weight is 294 g/mol. The van der Waals surface area contributed by atoms with Gasteiger partial charge in [0.15, 0.2) is 0 Å². The summed E-state index contributed by atoms with van der Waals surface area (Å²) in [5, 5.41) is 17.7. The van der Waals surface area contributed by atoms with E-state index in [0.29, 0.717) is 5.56 Å². The summed E-state index contributed by atoms with van der Waals surface area (Å²) >= 11 is 5.79. The maximum absolute atomic E-state index is 11.9. The first-order valence-electron chi connectivity index (χ1n) is 4.90. The number of hydrogen-bond acceptors (Lipinski definition) is 4. The van der Waals surface area contributed by atoms with E-state index in [0.717, 1.165) is 0 Å². The average Bonchev–Trinajstić information content (AvgIpc) is 2.29. The highest BCUT2D eigenvalue weighted by atomic mass is 35.5. The fourth-order valence-corrected chi connectivity index (χ4v) is 2.97. The third kappa shape index (κ3) is 3.20. The van der Waals surface area contributed by atoms with E-state index in [2.05, 4.69) is 0 Å². The molecule has 0 amide bonds. The molecule has 1 rings (SSSR count). The number of benzene rings is 1. The van der Waals surface area contributed by atoms with Crippen molar-refractivity contribution in [2.45, 2.75) is 17.9 Å². The number of nitrogens with one attached hydrogen (secondary N) is 1. The van der Waals surface area contributed by atoms with E-state index < -0.39 is 28.6 Å². The van der Waals surface area contributed by atoms with Gasteiger partial charge in [-0.25, -0.2) is 8.42 Å². The monoisotopic (exact) mass is 293 g/mol. The van der Waals surface area contributed by atoms with Crippen molar-refractivity contribution in [1.29, 1.82) is 0 Å². The standard InChI is InChI=1S/C10H12ClNO5S/c1-6-7(11)3-2-4-9(6)18(16,17)12-8(5-13)10(14)15/h2-4,8,12-13H,5H2,1H3,(H,14,15)/t8-/m0/s1. The Morgan fingerprint density at radius 1 is 1.50 bits per heavy atom. The van der Waals surface area contributed by atoms with E-state index >= 15 is 0 Å². The van der Waals surface area contributed by atoms with Crippen LogP contribution in [0, 0.1) is 6.92 Å². The number of halogens is 1. The fourth-order valence-electron chi connectivity index (χ4n) is 1.30. The van der Waals surface area contributed by atoms with Crippen molar-refractivity contribution >= 4 is 27.6 Å². The van der Waals surface area contributed by atoms with Crippen LogP contribution in [0.2, 0.25) is 5.02 Å². The zero-order chi connectivity index (χ0) is 13.9. The van der Waals surface area contributed by atoms with Crippen LogP contribution in [-0.2, 0) is 14.8 Å². The molecule has 0 spiro atoms. The molecule has 0 heterocycles. The van der Waals surface area contributed by atoms with Crippen molar-refractivity contribution in [2.24, 2.45) is 0 Å². The van der Waals surface area contributed by atoms with Gasteiger partial charge in [-0.2, -0.15) is 4.72 Å². The van der Waals surface area contributed by atoms with Crippen LogP contribution in [0.15, 0.2) is 23.1 Å². The number of carboxylic acids is 1. The van der Waals surface area contributed by atoms with Gasteiger partial charge in [0.2, 0.25) is 10.0 Å². The Morgan fingerprint density at radius 3 is 2.61 bits per heavy atom. The lowest BCUT2D eigenvalue weighted by atomic mass is 10.2. The Hall–Kier alpha value is -1.15. The summed E-state index contributed by atoms with van der Waals surface area (Å²) in [5.74, 6) is -1.46. The largest absolute Gasteiger partial charge is 0.480 e. The highest BCUT2D eigenvalue weighted by Crippen LogP contribution is 2.22. The normalized spacial score (nSPS) is 13.3. The van der Waals surface area contributed by atoms with E-state index in [4.69, 9.17) is 21.8 Å². The molecule has 3 N–H and O–H groups in total. The van der Waals surface area contributed by atoms with E-state index in [-0.39, 0.29) is 9.92 Å². The second-order valence-corrected chi connectivity index (χ2v) is 5.65. The van der Waals surface area contributed by atoms with Crippen molar-refractivity contribution in [1.82, 2.24) is 4.72 Å². The van der Waals surface area contributed by atoms with Gasteiger partial charge < -0.3 is 10.2 Å². The maximum Gasteiger partial charge on any atom is 0.324 e. The molecule has 6 nitrogen and oxygen atoms in total. The summed E-state index contributed by atoms with van der Waals surface area (Å²) < 4.78 is 25.8. The smallest absolute Gasteiger partial charge is 0.324 e. The first-order chi connectivity index (χ1) is 8.29. The van der Waals surface area contributed by atoms with Crippen LogP contribution in [0.3, 0.4) is 0 Å². The summed E-state index contributed by atoms with van der Waals surface area (Å²) in [7, 11) is -4.05. The molecule has 0 bridgehead atoms. The number of sulfonamides is 1. The SMILES string of the molecule is Cc1c(Cl)cccc1S(=O)(=O)N[C@@H](CO)C(=O)O. The Kier molecular flexibility index (Phi) is 4.69. The molecule has 0 aliphatic carbocycles. The highest BCUT2D eigenvalue weighted by Gasteiger charge is 2.26. The molecule has 0 aliphatic rings. The maximum atomic E-state index is 11.9. The molecular weight excluding hydrogens is 282 g/mol. The van der Waals surface area contributed by atoms with Crippen LogP contribution < -0.4 is 4.72 Å². The molecule has 8 heteroatoms. The zero-order valence-electron chi connectivity index (χ0n) is 9.42. The number of hydrogen-bond donors (Lipinski definition) is 3. The third-order valence-corrected chi connectivity index (χ3v) is 4.31. The summed E-state index contributed by atoms with van der Waals surface area (Å²) in [6.45, 7) is 0.666. The second-order valence-electron chi connectivity index (χ2n) is 3.56. The van der Waals surface area contributed by atoms with E-state index in [1.54, 1.807) is 0 Å². The minimum Gasteiger partial charge on any atom is -0.480 e. The quantitative estimate of drug-likeness (QED) is 0.728. The number of carboxylic acid groups (broad SMARTS) is 1. The number of aliphatic carboxylic acids is 1. The van der Waals surface area contributed by atoms with Gasteiger partial charge in [-0.15, -0.1) is 0 Å². The summed E-state index contributed by atoms with van der Waals surface area (Å²) in [5.41, 5.74) is 0.314. The number of aliphatic hydroxyl groups excluding tert-OH is 1. The molecule has 18 heavy (non-hydrogen) atoms. The van der Waals surface area contributed by atoms with E-state index in [9.17, 15) is 13.2 Å². The topological polar surface area (TPSA) is 104 Å². The molecule has 1 aromatic rings. The van der Waals surface area contributed by atoms with Crippen LogP contribution in [0.4, 0.5) is 0 Å². The predicted molar refractivity (Wildman–Crippen MR) is 65.0 cm³/mol. The van der Waals surface area contributed by atoms with Crippen LogP contribution in [0.25, 0.3) is 0 Å². The Morgan fingerprint density at radius 2 is 2.11 bits per heavy atom. The molecule has 0 aliphatic heterocycles. The Balaban J connectivity index is 3.14. The molecule has 1 aromatic carbocycles. The minimum atomic E-state index is -4.05. The molecule has 0 unspecified atom stereocenters. The van der Waals surface area contributed by atoms with Crippen molar-refractivity contribution in [3.8, 4) is 0 Å². The summed E-state index contributed by atoms with van der Waals surface area (Å²) in [4.78, 5) is 10.6. The van der Waals surface area contributed by atoms with Crippen molar-refractivity contribution < 1.29 is 23.4 Å². The summed E-state index contributed by atoms with van der Waals surface area (Å²) in [6.07, 6.45) is 0. The van der Waals surface area contributed by atoms with Crippen LogP contribution in [0.1, 0.15) is 5.56 Å². The highest BCUT2D eigenvalue weighted by molar-refractivity contribution is 7.89. The molecule has 100 valence electrons. The van der Waals surface area contributed by atoms with Crippen molar-refractivity contribution in [3.63, 3.8) is 0 Å². The van der Waals surface area contributed by atoms with E-state index in [1.807, 2.05) is 4.72 Å². The fraction of sp³-hybridized carbons (Fsp3) is 0.300. The number of carbonyl (C=O) groups is 1. The van der Waals surface area contributed by atoms with Crippen molar-refractivity contribution in [3.05, 3.63) is 28.8 Å². The lowest BCUT2D eigenvalue weighted by Crippen LogP contribution is -2.43. The molecule has 0 radical (unpaired) electrons. The van der Waals surface area contributed by atoms with Crippen LogP contribution >= 0.6 is 11.6 Å². The van der Waals surface area contributed by atoms with Gasteiger partial charge >= 0.3 is 5.97 Å². The number of aliphatic hydroxyl groups is 1. The minimum absolute atomic E-state index is 0.116. The van der Waals surface area contributed by atoms with Gasteiger partial charge in [-0.3, -0.25) is 4.79 Å². The predicted octanol–water partition coefficient (Wildman–Crippen LogP) is 0.372. The molecule has 0 fully saturated rings. The lowest BCUT2D eigenvalue weighted by Gasteiger charge is -2.14. The summed E-state index contributed by atoms with van der Waals surface area (Å²) in [6, 6.07) is 2.68. The first kappa shape index (κ1) is 14.9. The van der Waals surface area contributed by atoms with Gasteiger partial charge in [-0.1, -0.05) is 17.7 Å². The van der Waals surface area contributed by atoms with Gasteiger partial charge in [0.05, 0.1) is 11.5 Å². The van der Waals surface area contributed by atoms with Crippen molar-refractivity contribution in [2.75, 3.05) is 6.61 Å². The lowest BCUT2D eigenvalue weighted by molar-refractivity contribution is -0.139. The van der Waals surface area contributed by atoms with Gasteiger partial charge in [0, 0.05) is 5.02 Å². The molecule has 0 aromatic heterocycles. The number of rotatable bonds is 5. The van der Waals surface area contributed by atoms with Gasteiger partial charge in [0.1, 0.15) is 6.04 Å². The first-order valence-corrected chi connectivity index (χ1v) is 6.77.